The molecule has 0 saturated carbocycles. The first kappa shape index (κ1) is 10.1. The second kappa shape index (κ2) is 4.39. The Morgan fingerprint density at radius 1 is 1.53 bits per heavy atom. The molecule has 1 saturated heterocycles. The Kier molecular flexibility index (Phi) is 2.96. The van der Waals surface area contributed by atoms with Crippen molar-refractivity contribution < 1.29 is 19.1 Å². The minimum atomic E-state index is -0.869. The van der Waals surface area contributed by atoms with Gasteiger partial charge in [0.1, 0.15) is 6.10 Å². The van der Waals surface area contributed by atoms with Crippen LogP contribution in [0.1, 0.15) is 37.1 Å². The van der Waals surface area contributed by atoms with Gasteiger partial charge in [0.15, 0.2) is 0 Å². The lowest BCUT2D eigenvalue weighted by atomic mass is 10.2. The number of ether oxygens (including phenoxy) is 1. The van der Waals surface area contributed by atoms with Crippen molar-refractivity contribution in [2.45, 2.75) is 31.8 Å². The zero-order valence-corrected chi connectivity index (χ0v) is 8.18. The summed E-state index contributed by atoms with van der Waals surface area (Å²) in [7, 11) is 0. The molecule has 0 aliphatic carbocycles. The van der Waals surface area contributed by atoms with Gasteiger partial charge in [-0.1, -0.05) is 0 Å². The summed E-state index contributed by atoms with van der Waals surface area (Å²) in [6.07, 6.45) is 2.07. The number of hydrogen-bond donors (Lipinski definition) is 1. The van der Waals surface area contributed by atoms with Gasteiger partial charge in [-0.3, -0.25) is 4.79 Å². The van der Waals surface area contributed by atoms with Crippen molar-refractivity contribution in [3.63, 3.8) is 0 Å². The number of carbonyl (C=O) groups is 1. The lowest BCUT2D eigenvalue weighted by Gasteiger charge is -2.01. The third-order valence-corrected chi connectivity index (χ3v) is 2.24. The van der Waals surface area contributed by atoms with E-state index in [-0.39, 0.29) is 18.9 Å². The van der Waals surface area contributed by atoms with E-state index in [1.165, 1.54) is 0 Å². The van der Waals surface area contributed by atoms with Crippen LogP contribution in [0.15, 0.2) is 4.42 Å². The Labute approximate surface area is 86.3 Å². The molecule has 1 aromatic rings. The molecular weight excluding hydrogens is 200 g/mol. The van der Waals surface area contributed by atoms with Crippen molar-refractivity contribution in [2.24, 2.45) is 0 Å². The number of hydrogen-bond acceptors (Lipinski definition) is 5. The van der Waals surface area contributed by atoms with Crippen LogP contribution in [0.3, 0.4) is 0 Å². The minimum absolute atomic E-state index is 0.00710. The van der Waals surface area contributed by atoms with Crippen LogP contribution in [-0.2, 0) is 16.0 Å². The SMILES string of the molecule is O=C(O)CCc1nnc(C2CCCO2)o1. The van der Waals surface area contributed by atoms with E-state index in [0.29, 0.717) is 11.8 Å². The van der Waals surface area contributed by atoms with Gasteiger partial charge in [0.25, 0.3) is 0 Å². The Morgan fingerprint density at radius 2 is 2.40 bits per heavy atom. The van der Waals surface area contributed by atoms with E-state index in [0.717, 1.165) is 19.4 Å². The quantitative estimate of drug-likeness (QED) is 0.799. The highest BCUT2D eigenvalue weighted by molar-refractivity contribution is 5.66. The summed E-state index contributed by atoms with van der Waals surface area (Å²) < 4.78 is 10.7. The number of aliphatic carboxylic acids is 1. The van der Waals surface area contributed by atoms with Crippen molar-refractivity contribution in [1.82, 2.24) is 10.2 Å². The highest BCUT2D eigenvalue weighted by Crippen LogP contribution is 2.27. The molecule has 2 rings (SSSR count). The van der Waals surface area contributed by atoms with Crippen molar-refractivity contribution in [3.8, 4) is 0 Å². The third kappa shape index (κ3) is 2.53. The van der Waals surface area contributed by atoms with Crippen molar-refractivity contribution >= 4 is 5.97 Å². The monoisotopic (exact) mass is 212 g/mol. The van der Waals surface area contributed by atoms with E-state index in [2.05, 4.69) is 10.2 Å². The molecule has 0 amide bonds. The number of aromatic nitrogens is 2. The van der Waals surface area contributed by atoms with Crippen molar-refractivity contribution in [1.29, 1.82) is 0 Å². The fraction of sp³-hybridized carbons (Fsp3) is 0.667. The average molecular weight is 212 g/mol. The lowest BCUT2D eigenvalue weighted by Crippen LogP contribution is -1.97. The van der Waals surface area contributed by atoms with Crippen LogP contribution in [0.25, 0.3) is 0 Å². The second-order valence-electron chi connectivity index (χ2n) is 3.43. The number of rotatable bonds is 4. The van der Waals surface area contributed by atoms with Crippen LogP contribution >= 0.6 is 0 Å². The van der Waals surface area contributed by atoms with Gasteiger partial charge in [0.2, 0.25) is 11.8 Å². The molecule has 1 fully saturated rings. The van der Waals surface area contributed by atoms with Crippen LogP contribution in [0.5, 0.6) is 0 Å². The van der Waals surface area contributed by atoms with E-state index in [1.807, 2.05) is 0 Å². The molecule has 0 spiro atoms. The number of aryl methyl sites for hydroxylation is 1. The first-order chi connectivity index (χ1) is 7.25. The summed E-state index contributed by atoms with van der Waals surface area (Å²) in [6.45, 7) is 0.720. The molecule has 1 aliphatic rings. The number of nitrogens with zero attached hydrogens (tertiary/aromatic N) is 2. The molecule has 0 bridgehead atoms. The average Bonchev–Trinajstić information content (AvgIpc) is 2.85. The van der Waals surface area contributed by atoms with Crippen molar-refractivity contribution in [3.05, 3.63) is 11.8 Å². The number of carboxylic acids is 1. The molecular formula is C9H12N2O4. The minimum Gasteiger partial charge on any atom is -0.481 e. The Hall–Kier alpha value is -1.43. The van der Waals surface area contributed by atoms with Crippen LogP contribution in [-0.4, -0.2) is 27.9 Å². The molecule has 6 heteroatoms. The van der Waals surface area contributed by atoms with Gasteiger partial charge < -0.3 is 14.3 Å². The van der Waals surface area contributed by atoms with Gasteiger partial charge in [0.05, 0.1) is 6.42 Å². The van der Waals surface area contributed by atoms with Crippen molar-refractivity contribution in [2.75, 3.05) is 6.61 Å². The number of carboxylic acid groups (broad SMARTS) is 1. The molecule has 1 aromatic heterocycles. The van der Waals surface area contributed by atoms with Crippen LogP contribution in [0.2, 0.25) is 0 Å². The molecule has 15 heavy (non-hydrogen) atoms. The van der Waals surface area contributed by atoms with E-state index >= 15 is 0 Å². The predicted octanol–water partition coefficient (Wildman–Crippen LogP) is 0.938. The third-order valence-electron chi connectivity index (χ3n) is 2.24. The maximum atomic E-state index is 10.3. The highest BCUT2D eigenvalue weighted by atomic mass is 16.5. The van der Waals surface area contributed by atoms with Crippen LogP contribution in [0, 0.1) is 0 Å². The van der Waals surface area contributed by atoms with Gasteiger partial charge in [-0.05, 0) is 12.8 Å². The fourth-order valence-corrected chi connectivity index (χ4v) is 1.48. The van der Waals surface area contributed by atoms with E-state index in [4.69, 9.17) is 14.3 Å². The maximum Gasteiger partial charge on any atom is 0.303 e. The first-order valence-corrected chi connectivity index (χ1v) is 4.91. The zero-order chi connectivity index (χ0) is 10.7. The zero-order valence-electron chi connectivity index (χ0n) is 8.18. The van der Waals surface area contributed by atoms with E-state index < -0.39 is 5.97 Å². The molecule has 1 N–H and O–H groups in total. The first-order valence-electron chi connectivity index (χ1n) is 4.91. The lowest BCUT2D eigenvalue weighted by molar-refractivity contribution is -0.137. The molecule has 1 aliphatic heterocycles. The second-order valence-corrected chi connectivity index (χ2v) is 3.43. The topological polar surface area (TPSA) is 85.5 Å². The van der Waals surface area contributed by atoms with Gasteiger partial charge in [-0.25, -0.2) is 0 Å². The van der Waals surface area contributed by atoms with Crippen LogP contribution < -0.4 is 0 Å². The summed E-state index contributed by atoms with van der Waals surface area (Å²) in [5.41, 5.74) is 0. The van der Waals surface area contributed by atoms with Gasteiger partial charge in [-0.2, -0.15) is 0 Å². The molecule has 1 atom stereocenters. The normalized spacial score (nSPS) is 20.7. The molecule has 0 radical (unpaired) electrons. The molecule has 1 unspecified atom stereocenters. The molecule has 82 valence electrons. The molecule has 6 nitrogen and oxygen atoms in total. The smallest absolute Gasteiger partial charge is 0.303 e. The Balaban J connectivity index is 1.94. The summed E-state index contributed by atoms with van der Waals surface area (Å²) >= 11 is 0. The van der Waals surface area contributed by atoms with Gasteiger partial charge in [0, 0.05) is 13.0 Å². The molecule has 0 aromatic carbocycles. The van der Waals surface area contributed by atoms with Crippen LogP contribution in [0.4, 0.5) is 0 Å². The fourth-order valence-electron chi connectivity index (χ4n) is 1.48. The highest BCUT2D eigenvalue weighted by Gasteiger charge is 2.23. The summed E-state index contributed by atoms with van der Waals surface area (Å²) in [6, 6.07) is 0. The van der Waals surface area contributed by atoms with E-state index in [9.17, 15) is 4.79 Å². The summed E-state index contributed by atoms with van der Waals surface area (Å²) in [5, 5.41) is 16.1. The standard InChI is InChI=1S/C9H12N2O4/c12-8(13)4-3-7-10-11-9(15-7)6-2-1-5-14-6/h6H,1-5H2,(H,12,13). The molecule has 2 heterocycles. The summed E-state index contributed by atoms with van der Waals surface area (Å²) in [5.74, 6) is -0.0392. The largest absolute Gasteiger partial charge is 0.481 e. The van der Waals surface area contributed by atoms with Gasteiger partial charge >= 0.3 is 5.97 Å². The maximum absolute atomic E-state index is 10.3. The van der Waals surface area contributed by atoms with E-state index in [1.54, 1.807) is 0 Å². The summed E-state index contributed by atoms with van der Waals surface area (Å²) in [4.78, 5) is 10.3. The Bertz CT molecular complexity index is 344. The van der Waals surface area contributed by atoms with Gasteiger partial charge in [-0.15, -0.1) is 10.2 Å². The Morgan fingerprint density at radius 3 is 3.07 bits per heavy atom. The predicted molar refractivity (Wildman–Crippen MR) is 48.2 cm³/mol.